The van der Waals surface area contributed by atoms with Gasteiger partial charge in [-0.1, -0.05) is 66.4 Å². The Morgan fingerprint density at radius 1 is 0.962 bits per heavy atom. The zero-order valence-corrected chi connectivity index (χ0v) is 25.4. The summed E-state index contributed by atoms with van der Waals surface area (Å²) in [6.07, 6.45) is 0. The van der Waals surface area contributed by atoms with E-state index >= 15 is 0 Å². The number of benzene rings is 2. The maximum atomic E-state index is 6.51. The lowest BCUT2D eigenvalue weighted by Crippen LogP contribution is -2.51. The molecular weight excluding hydrogens is 421 g/mol. The van der Waals surface area contributed by atoms with E-state index in [1.807, 2.05) is 5.70 Å². The van der Waals surface area contributed by atoms with Crippen LogP contribution >= 0.6 is 0 Å². The zero-order chi connectivity index (χ0) is 19.4. The molecule has 0 aliphatic rings. The van der Waals surface area contributed by atoms with E-state index in [0.29, 0.717) is 0 Å². The van der Waals surface area contributed by atoms with Crippen molar-refractivity contribution in [1.82, 2.24) is 0 Å². The van der Waals surface area contributed by atoms with Gasteiger partial charge in [0.15, 0.2) is 26.2 Å². The van der Waals surface area contributed by atoms with Gasteiger partial charge in [-0.15, -0.1) is 6.58 Å². The van der Waals surface area contributed by atoms with Crippen molar-refractivity contribution in [3.8, 4) is 0 Å². The molecule has 1 unspecified atom stereocenters. The Balaban J connectivity index is 0.000000487. The van der Waals surface area contributed by atoms with Crippen LogP contribution in [0.25, 0.3) is 0 Å². The second-order valence-electron chi connectivity index (χ2n) is 6.65. The van der Waals surface area contributed by atoms with Crippen molar-refractivity contribution in [2.24, 2.45) is 0 Å². The van der Waals surface area contributed by atoms with Gasteiger partial charge in [0.25, 0.3) is 0 Å². The minimum Gasteiger partial charge on any atom is -0.464 e. The molecule has 0 saturated carbocycles. The van der Waals surface area contributed by atoms with Crippen molar-refractivity contribution in [2.75, 3.05) is 0 Å². The molecule has 0 spiro atoms. The fourth-order valence-corrected chi connectivity index (χ4v) is 14.8. The first kappa shape index (κ1) is 23.4. The minimum atomic E-state index is -1.53. The van der Waals surface area contributed by atoms with Crippen LogP contribution in [0.2, 0.25) is 19.6 Å². The maximum Gasteiger partial charge on any atom is 0.228 e. The first-order chi connectivity index (χ1) is 12.4. The SMILES string of the molecule is C=C[SiH](C)O[SiH3].C[Si](C)(O[SiH3])[SiH2]O[SiH](c1ccccc1)c1ccccc1. The van der Waals surface area contributed by atoms with Crippen molar-refractivity contribution < 1.29 is 12.3 Å². The highest BCUT2D eigenvalue weighted by Gasteiger charge is 2.25. The summed E-state index contributed by atoms with van der Waals surface area (Å²) in [5.74, 6) is 0. The summed E-state index contributed by atoms with van der Waals surface area (Å²) >= 11 is 0. The van der Waals surface area contributed by atoms with Gasteiger partial charge in [-0.25, -0.2) is 0 Å². The Morgan fingerprint density at radius 3 is 1.73 bits per heavy atom. The van der Waals surface area contributed by atoms with Crippen LogP contribution in [0.1, 0.15) is 0 Å². The van der Waals surface area contributed by atoms with Crippen LogP contribution in [0.15, 0.2) is 72.9 Å². The highest BCUT2D eigenvalue weighted by molar-refractivity contribution is 7.20. The fourth-order valence-electron chi connectivity index (χ4n) is 2.08. The first-order valence-electron chi connectivity index (χ1n) is 8.85. The Hall–Kier alpha value is -0.639. The molecule has 0 aliphatic carbocycles. The van der Waals surface area contributed by atoms with Gasteiger partial charge in [0.2, 0.25) is 9.04 Å². The average Bonchev–Trinajstić information content (AvgIpc) is 2.69. The van der Waals surface area contributed by atoms with E-state index in [1.54, 1.807) is 0 Å². The molecule has 0 amide bonds. The molecule has 0 aliphatic heterocycles. The Labute approximate surface area is 171 Å². The van der Waals surface area contributed by atoms with Gasteiger partial charge in [-0.2, -0.15) is 0 Å². The topological polar surface area (TPSA) is 27.7 Å². The van der Waals surface area contributed by atoms with Gasteiger partial charge in [-0.3, -0.25) is 0 Å². The molecule has 2 aromatic rings. The summed E-state index contributed by atoms with van der Waals surface area (Å²) in [5, 5.41) is 2.73. The third-order valence-corrected chi connectivity index (χ3v) is 23.0. The average molecular weight is 453 g/mol. The molecule has 0 saturated heterocycles. The van der Waals surface area contributed by atoms with Crippen LogP contribution < -0.4 is 10.4 Å². The van der Waals surface area contributed by atoms with E-state index in [-0.39, 0.29) is 0 Å². The van der Waals surface area contributed by atoms with E-state index in [2.05, 4.69) is 86.9 Å². The fraction of sp³-hybridized carbons (Fsp3) is 0.176. The normalized spacial score (nSPS) is 12.9. The third-order valence-electron chi connectivity index (χ3n) is 4.06. The van der Waals surface area contributed by atoms with Gasteiger partial charge in [-0.05, 0) is 30.0 Å². The molecule has 9 heteroatoms. The van der Waals surface area contributed by atoms with E-state index in [1.165, 1.54) is 10.4 Å². The Kier molecular flexibility index (Phi) is 11.4. The lowest BCUT2D eigenvalue weighted by atomic mass is 10.4. The van der Waals surface area contributed by atoms with E-state index in [4.69, 9.17) is 12.3 Å². The molecule has 142 valence electrons. The predicted octanol–water partition coefficient (Wildman–Crippen LogP) is -1.01. The summed E-state index contributed by atoms with van der Waals surface area (Å²) in [4.78, 5) is 0. The van der Waals surface area contributed by atoms with Gasteiger partial charge in [0.1, 0.15) is 21.0 Å². The van der Waals surface area contributed by atoms with Crippen molar-refractivity contribution in [3.63, 3.8) is 0 Å². The smallest absolute Gasteiger partial charge is 0.228 e. The van der Waals surface area contributed by atoms with Crippen molar-refractivity contribution in [3.05, 3.63) is 72.9 Å². The van der Waals surface area contributed by atoms with Crippen LogP contribution in [-0.2, 0) is 12.3 Å². The largest absolute Gasteiger partial charge is 0.464 e. The monoisotopic (exact) mass is 452 g/mol. The summed E-state index contributed by atoms with van der Waals surface area (Å²) in [7, 11) is -2.74. The number of hydrogen-bond acceptors (Lipinski definition) is 3. The summed E-state index contributed by atoms with van der Waals surface area (Å²) < 4.78 is 17.4. The Morgan fingerprint density at radius 2 is 1.42 bits per heavy atom. The van der Waals surface area contributed by atoms with E-state index in [0.717, 1.165) is 21.0 Å². The molecular formula is C17H32O3Si6. The lowest BCUT2D eigenvalue weighted by molar-refractivity contribution is 0.600. The summed E-state index contributed by atoms with van der Waals surface area (Å²) in [6.45, 7) is 10.3. The van der Waals surface area contributed by atoms with Gasteiger partial charge in [0, 0.05) is 0 Å². The van der Waals surface area contributed by atoms with E-state index < -0.39 is 35.2 Å². The minimum absolute atomic E-state index is 0.583. The standard InChI is InChI=1S/C14H22O2Si4.C3H10OSi2/c1-20(2,15-17)18-16-19(13-9-5-3-6-10-13)14-11-7-4-8-12-14;1-3-6(2)4-5/h3-12,19H,18H2,1-2,17H3;3,6H,1H2,2,5H3. The molecule has 0 bridgehead atoms. The van der Waals surface area contributed by atoms with Crippen LogP contribution in [0, 0.1) is 0 Å². The number of hydrogen-bond donors (Lipinski definition) is 0. The van der Waals surface area contributed by atoms with Crippen molar-refractivity contribution in [2.45, 2.75) is 19.6 Å². The zero-order valence-electron chi connectivity index (χ0n) is 16.6. The lowest BCUT2D eigenvalue weighted by Gasteiger charge is -2.24. The summed E-state index contributed by atoms with van der Waals surface area (Å²) in [6, 6.07) is 21.4. The van der Waals surface area contributed by atoms with Crippen molar-refractivity contribution in [1.29, 1.82) is 0 Å². The summed E-state index contributed by atoms with van der Waals surface area (Å²) in [5.41, 5.74) is 1.92. The van der Waals surface area contributed by atoms with Gasteiger partial charge >= 0.3 is 0 Å². The predicted molar refractivity (Wildman–Crippen MR) is 132 cm³/mol. The molecule has 2 aromatic carbocycles. The first-order valence-corrected chi connectivity index (χ1v) is 20.2. The number of rotatable bonds is 8. The second-order valence-corrected chi connectivity index (χ2v) is 25.3. The highest BCUT2D eigenvalue weighted by atomic mass is 29.2. The van der Waals surface area contributed by atoms with E-state index in [9.17, 15) is 0 Å². The molecule has 0 heterocycles. The molecule has 0 aromatic heterocycles. The van der Waals surface area contributed by atoms with Crippen molar-refractivity contribution >= 4 is 66.5 Å². The van der Waals surface area contributed by atoms with Gasteiger partial charge in [0.05, 0.1) is 0 Å². The van der Waals surface area contributed by atoms with Crippen LogP contribution in [0.5, 0.6) is 0 Å². The maximum absolute atomic E-state index is 6.51. The molecule has 3 nitrogen and oxygen atoms in total. The van der Waals surface area contributed by atoms with Crippen LogP contribution in [0.4, 0.5) is 0 Å². The van der Waals surface area contributed by atoms with Crippen LogP contribution in [0.3, 0.4) is 0 Å². The molecule has 1 atom stereocenters. The second kappa shape index (κ2) is 12.7. The van der Waals surface area contributed by atoms with Gasteiger partial charge < -0.3 is 12.3 Å². The quantitative estimate of drug-likeness (QED) is 0.480. The van der Waals surface area contributed by atoms with Crippen LogP contribution in [-0.4, -0.2) is 56.2 Å². The molecule has 0 fully saturated rings. The Bertz CT molecular complexity index is 587. The molecule has 26 heavy (non-hydrogen) atoms. The molecule has 0 N–H and O–H groups in total. The third kappa shape index (κ3) is 8.84. The molecule has 0 radical (unpaired) electrons. The highest BCUT2D eigenvalue weighted by Crippen LogP contribution is 2.02. The molecule has 2 rings (SSSR count).